The third-order valence-corrected chi connectivity index (χ3v) is 5.15. The van der Waals surface area contributed by atoms with Gasteiger partial charge in [-0.3, -0.25) is 9.59 Å². The van der Waals surface area contributed by atoms with E-state index in [2.05, 4.69) is 16.4 Å². The zero-order chi connectivity index (χ0) is 18.9. The molecule has 0 atom stereocenters. The number of amides is 1. The minimum absolute atomic E-state index is 0.0937. The summed E-state index contributed by atoms with van der Waals surface area (Å²) in [6.07, 6.45) is 2.93. The van der Waals surface area contributed by atoms with Gasteiger partial charge in [-0.2, -0.15) is 0 Å². The quantitative estimate of drug-likeness (QED) is 0.451. The number of esters is 1. The number of aromatic nitrogens is 1. The van der Waals surface area contributed by atoms with Crippen molar-refractivity contribution in [1.82, 2.24) is 10.3 Å². The van der Waals surface area contributed by atoms with E-state index < -0.39 is 5.97 Å². The smallest absolute Gasteiger partial charge is 0.325 e. The fraction of sp³-hybridized carbons (Fsp3) is 0.286. The standard InChI is InChI=1S/C21H22N2O3S/c24-19(22-14-21(25)26-15-16-8-2-1-3-9-16)12-6-7-13-20-23-17-10-4-5-11-18(17)27-20/h1-5,8-11H,6-7,12-15H2,(H,22,24). The van der Waals surface area contributed by atoms with E-state index in [4.69, 9.17) is 4.74 Å². The number of aryl methyl sites for hydroxylation is 1. The van der Waals surface area contributed by atoms with Crippen LogP contribution >= 0.6 is 11.3 Å². The molecule has 27 heavy (non-hydrogen) atoms. The monoisotopic (exact) mass is 382 g/mol. The normalized spacial score (nSPS) is 10.7. The molecule has 0 saturated heterocycles. The molecule has 2 aromatic carbocycles. The number of benzene rings is 2. The summed E-state index contributed by atoms with van der Waals surface area (Å²) < 4.78 is 6.32. The molecule has 3 aromatic rings. The minimum atomic E-state index is -0.429. The van der Waals surface area contributed by atoms with Crippen molar-refractivity contribution in [3.05, 3.63) is 65.2 Å². The molecule has 0 aliphatic heterocycles. The lowest BCUT2D eigenvalue weighted by molar-refractivity contribution is -0.145. The van der Waals surface area contributed by atoms with Crippen LogP contribution in [0.5, 0.6) is 0 Å². The van der Waals surface area contributed by atoms with Crippen molar-refractivity contribution >= 4 is 33.4 Å². The Morgan fingerprint density at radius 2 is 1.78 bits per heavy atom. The third kappa shape index (κ3) is 6.18. The lowest BCUT2D eigenvalue weighted by Crippen LogP contribution is -2.30. The number of para-hydroxylation sites is 1. The van der Waals surface area contributed by atoms with Crippen LogP contribution in [0.3, 0.4) is 0 Å². The SMILES string of the molecule is O=C(CCCCc1nc2ccccc2s1)NCC(=O)OCc1ccccc1. The lowest BCUT2D eigenvalue weighted by atomic mass is 10.2. The second kappa shape index (κ2) is 9.83. The average molecular weight is 382 g/mol. The Labute approximate surface area is 162 Å². The summed E-state index contributed by atoms with van der Waals surface area (Å²) in [5.41, 5.74) is 1.95. The van der Waals surface area contributed by atoms with Gasteiger partial charge in [0.1, 0.15) is 13.2 Å². The highest BCUT2D eigenvalue weighted by Gasteiger charge is 2.08. The van der Waals surface area contributed by atoms with Gasteiger partial charge in [-0.15, -0.1) is 11.3 Å². The van der Waals surface area contributed by atoms with Crippen molar-refractivity contribution in [2.75, 3.05) is 6.54 Å². The lowest BCUT2D eigenvalue weighted by Gasteiger charge is -2.06. The highest BCUT2D eigenvalue weighted by Crippen LogP contribution is 2.22. The molecule has 1 heterocycles. The van der Waals surface area contributed by atoms with Crippen molar-refractivity contribution in [1.29, 1.82) is 0 Å². The predicted molar refractivity (Wildman–Crippen MR) is 106 cm³/mol. The number of carbonyl (C=O) groups is 2. The van der Waals surface area contributed by atoms with Crippen LogP contribution < -0.4 is 5.32 Å². The second-order valence-electron chi connectivity index (χ2n) is 6.21. The summed E-state index contributed by atoms with van der Waals surface area (Å²) >= 11 is 1.70. The number of rotatable bonds is 9. The van der Waals surface area contributed by atoms with Gasteiger partial charge in [-0.1, -0.05) is 42.5 Å². The first kappa shape index (κ1) is 19.0. The Morgan fingerprint density at radius 1 is 1.00 bits per heavy atom. The minimum Gasteiger partial charge on any atom is -0.460 e. The summed E-state index contributed by atoms with van der Waals surface area (Å²) in [7, 11) is 0. The van der Waals surface area contributed by atoms with E-state index >= 15 is 0 Å². The van der Waals surface area contributed by atoms with Crippen LogP contribution in [-0.2, 0) is 27.4 Å². The van der Waals surface area contributed by atoms with Crippen molar-refractivity contribution in [3.63, 3.8) is 0 Å². The third-order valence-electron chi connectivity index (χ3n) is 4.06. The molecule has 0 aliphatic carbocycles. The Hall–Kier alpha value is -2.73. The molecule has 140 valence electrons. The Morgan fingerprint density at radius 3 is 2.59 bits per heavy atom. The van der Waals surface area contributed by atoms with Gasteiger partial charge >= 0.3 is 5.97 Å². The maximum Gasteiger partial charge on any atom is 0.325 e. The summed E-state index contributed by atoms with van der Waals surface area (Å²) in [6, 6.07) is 17.5. The number of carbonyl (C=O) groups excluding carboxylic acids is 2. The molecular weight excluding hydrogens is 360 g/mol. The zero-order valence-corrected chi connectivity index (χ0v) is 15.8. The molecule has 0 unspecified atom stereocenters. The van der Waals surface area contributed by atoms with Gasteiger partial charge in [0.15, 0.2) is 0 Å². The maximum atomic E-state index is 11.8. The number of nitrogens with zero attached hydrogens (tertiary/aromatic N) is 1. The molecule has 1 amide bonds. The molecule has 0 radical (unpaired) electrons. The van der Waals surface area contributed by atoms with Crippen LogP contribution in [0.15, 0.2) is 54.6 Å². The predicted octanol–water partition coefficient (Wildman–Crippen LogP) is 3.87. The fourth-order valence-electron chi connectivity index (χ4n) is 2.64. The molecule has 0 spiro atoms. The molecule has 0 bridgehead atoms. The van der Waals surface area contributed by atoms with Gasteiger partial charge in [0.25, 0.3) is 0 Å². The van der Waals surface area contributed by atoms with Gasteiger partial charge in [-0.05, 0) is 37.0 Å². The number of thiazole rings is 1. The number of nitrogens with one attached hydrogen (secondary N) is 1. The van der Waals surface area contributed by atoms with E-state index in [1.165, 1.54) is 4.70 Å². The van der Waals surface area contributed by atoms with Gasteiger partial charge in [0.2, 0.25) is 5.91 Å². The van der Waals surface area contributed by atoms with E-state index in [9.17, 15) is 9.59 Å². The van der Waals surface area contributed by atoms with Gasteiger partial charge in [-0.25, -0.2) is 4.98 Å². The van der Waals surface area contributed by atoms with E-state index in [1.807, 2.05) is 48.5 Å². The van der Waals surface area contributed by atoms with Crippen molar-refractivity contribution in [3.8, 4) is 0 Å². The van der Waals surface area contributed by atoms with Gasteiger partial charge in [0.05, 0.1) is 15.2 Å². The highest BCUT2D eigenvalue weighted by atomic mass is 32.1. The fourth-order valence-corrected chi connectivity index (χ4v) is 3.65. The zero-order valence-electron chi connectivity index (χ0n) is 15.0. The van der Waals surface area contributed by atoms with E-state index in [1.54, 1.807) is 11.3 Å². The number of unbranched alkanes of at least 4 members (excludes halogenated alkanes) is 1. The van der Waals surface area contributed by atoms with Crippen LogP contribution in [0.2, 0.25) is 0 Å². The van der Waals surface area contributed by atoms with Crippen molar-refractivity contribution < 1.29 is 14.3 Å². The molecule has 1 N–H and O–H groups in total. The Bertz CT molecular complexity index is 860. The van der Waals surface area contributed by atoms with Crippen LogP contribution in [0.1, 0.15) is 29.8 Å². The number of hydrogen-bond donors (Lipinski definition) is 1. The molecule has 0 saturated carbocycles. The van der Waals surface area contributed by atoms with Gasteiger partial charge in [0, 0.05) is 6.42 Å². The summed E-state index contributed by atoms with van der Waals surface area (Å²) in [5, 5.41) is 3.71. The van der Waals surface area contributed by atoms with Gasteiger partial charge < -0.3 is 10.1 Å². The largest absolute Gasteiger partial charge is 0.460 e. The van der Waals surface area contributed by atoms with Crippen LogP contribution in [-0.4, -0.2) is 23.4 Å². The van der Waals surface area contributed by atoms with E-state index in [-0.39, 0.29) is 19.1 Å². The first-order valence-electron chi connectivity index (χ1n) is 9.01. The number of fused-ring (bicyclic) bond motifs is 1. The molecule has 0 fully saturated rings. The van der Waals surface area contributed by atoms with Crippen molar-refractivity contribution in [2.24, 2.45) is 0 Å². The molecule has 5 nitrogen and oxygen atoms in total. The Kier molecular flexibility index (Phi) is 6.93. The van der Waals surface area contributed by atoms with Crippen LogP contribution in [0.4, 0.5) is 0 Å². The van der Waals surface area contributed by atoms with Crippen LogP contribution in [0, 0.1) is 0 Å². The van der Waals surface area contributed by atoms with Crippen molar-refractivity contribution in [2.45, 2.75) is 32.3 Å². The molecule has 6 heteroatoms. The first-order valence-corrected chi connectivity index (χ1v) is 9.83. The number of ether oxygens (including phenoxy) is 1. The number of hydrogen-bond acceptors (Lipinski definition) is 5. The Balaban J connectivity index is 1.28. The van der Waals surface area contributed by atoms with Crippen LogP contribution in [0.25, 0.3) is 10.2 Å². The van der Waals surface area contributed by atoms with E-state index in [0.717, 1.165) is 35.4 Å². The maximum absolute atomic E-state index is 11.8. The molecule has 3 rings (SSSR count). The summed E-state index contributed by atoms with van der Waals surface area (Å²) in [6.45, 7) is 0.126. The molecular formula is C21H22N2O3S. The summed E-state index contributed by atoms with van der Waals surface area (Å²) in [5.74, 6) is -0.558. The first-order chi connectivity index (χ1) is 13.2. The average Bonchev–Trinajstić information content (AvgIpc) is 3.12. The summed E-state index contributed by atoms with van der Waals surface area (Å²) in [4.78, 5) is 28.1. The molecule has 0 aliphatic rings. The second-order valence-corrected chi connectivity index (χ2v) is 7.32. The topological polar surface area (TPSA) is 68.3 Å². The van der Waals surface area contributed by atoms with E-state index in [0.29, 0.717) is 6.42 Å². The molecule has 1 aromatic heterocycles. The highest BCUT2D eigenvalue weighted by molar-refractivity contribution is 7.18.